The summed E-state index contributed by atoms with van der Waals surface area (Å²) in [5.41, 5.74) is 2.31. The molecule has 1 saturated carbocycles. The van der Waals surface area contributed by atoms with Crippen LogP contribution in [0.5, 0.6) is 0 Å². The standard InChI is InChI=1S/C18H17NO/c1-13-2-3-15-9-16(5-4-14(15)8-13)18(11-20-12-18)17(10-19)6-7-17/h2-5,8-9H,6-7,11-12H2,1H3. The highest BCUT2D eigenvalue weighted by Crippen LogP contribution is 2.62. The van der Waals surface area contributed by atoms with Crippen LogP contribution in [-0.4, -0.2) is 13.2 Å². The molecule has 2 aromatic carbocycles. The van der Waals surface area contributed by atoms with Crippen LogP contribution in [0.15, 0.2) is 36.4 Å². The fourth-order valence-corrected chi connectivity index (χ4v) is 3.51. The Morgan fingerprint density at radius 3 is 2.35 bits per heavy atom. The lowest BCUT2D eigenvalue weighted by atomic mass is 9.66. The van der Waals surface area contributed by atoms with Crippen molar-refractivity contribution in [2.24, 2.45) is 5.41 Å². The molecule has 0 radical (unpaired) electrons. The highest BCUT2D eigenvalue weighted by molar-refractivity contribution is 5.84. The zero-order valence-electron chi connectivity index (χ0n) is 11.6. The maximum absolute atomic E-state index is 9.56. The summed E-state index contributed by atoms with van der Waals surface area (Å²) in [6, 6.07) is 15.7. The van der Waals surface area contributed by atoms with E-state index in [1.54, 1.807) is 0 Å². The number of hydrogen-bond acceptors (Lipinski definition) is 2. The zero-order valence-corrected chi connectivity index (χ0v) is 11.6. The Balaban J connectivity index is 1.86. The number of aryl methyl sites for hydroxylation is 1. The predicted molar refractivity (Wildman–Crippen MR) is 78.5 cm³/mol. The van der Waals surface area contributed by atoms with Crippen molar-refractivity contribution in [3.63, 3.8) is 0 Å². The first-order valence-corrected chi connectivity index (χ1v) is 7.19. The van der Waals surface area contributed by atoms with Crippen molar-refractivity contribution in [1.29, 1.82) is 5.26 Å². The van der Waals surface area contributed by atoms with Gasteiger partial charge in [0, 0.05) is 0 Å². The molecule has 1 heterocycles. The first-order chi connectivity index (χ1) is 9.69. The van der Waals surface area contributed by atoms with Crippen molar-refractivity contribution < 1.29 is 4.74 Å². The number of benzene rings is 2. The van der Waals surface area contributed by atoms with Crippen LogP contribution in [0.3, 0.4) is 0 Å². The Hall–Kier alpha value is -1.85. The molecule has 2 aromatic rings. The molecule has 1 aliphatic carbocycles. The van der Waals surface area contributed by atoms with E-state index in [1.165, 1.54) is 21.9 Å². The topological polar surface area (TPSA) is 33.0 Å². The molecule has 0 unspecified atom stereocenters. The van der Waals surface area contributed by atoms with Gasteiger partial charge in [-0.05, 0) is 36.1 Å². The van der Waals surface area contributed by atoms with Crippen molar-refractivity contribution in [1.82, 2.24) is 0 Å². The van der Waals surface area contributed by atoms with Gasteiger partial charge in [-0.15, -0.1) is 0 Å². The first-order valence-electron chi connectivity index (χ1n) is 7.19. The van der Waals surface area contributed by atoms with Gasteiger partial charge in [-0.2, -0.15) is 5.26 Å². The van der Waals surface area contributed by atoms with E-state index in [0.29, 0.717) is 13.2 Å². The number of fused-ring (bicyclic) bond motifs is 1. The molecule has 2 aliphatic rings. The fraction of sp³-hybridized carbons (Fsp3) is 0.389. The molecule has 0 bridgehead atoms. The summed E-state index contributed by atoms with van der Waals surface area (Å²) in [7, 11) is 0. The lowest BCUT2D eigenvalue weighted by molar-refractivity contribution is -0.0866. The number of rotatable bonds is 2. The third kappa shape index (κ3) is 1.42. The molecule has 1 saturated heterocycles. The van der Waals surface area contributed by atoms with E-state index in [2.05, 4.69) is 49.4 Å². The maximum atomic E-state index is 9.56. The maximum Gasteiger partial charge on any atom is 0.0716 e. The van der Waals surface area contributed by atoms with Crippen LogP contribution in [0, 0.1) is 23.7 Å². The molecule has 0 aromatic heterocycles. The van der Waals surface area contributed by atoms with E-state index >= 15 is 0 Å². The van der Waals surface area contributed by atoms with Crippen LogP contribution in [0.1, 0.15) is 24.0 Å². The summed E-state index contributed by atoms with van der Waals surface area (Å²) >= 11 is 0. The van der Waals surface area contributed by atoms with E-state index in [0.717, 1.165) is 12.8 Å². The van der Waals surface area contributed by atoms with Crippen molar-refractivity contribution >= 4 is 10.8 Å². The summed E-state index contributed by atoms with van der Waals surface area (Å²) in [5.74, 6) is 0. The molecule has 4 rings (SSSR count). The first kappa shape index (κ1) is 11.9. The van der Waals surface area contributed by atoms with E-state index < -0.39 is 0 Å². The summed E-state index contributed by atoms with van der Waals surface area (Å²) in [6.07, 6.45) is 2.03. The third-order valence-corrected chi connectivity index (χ3v) is 5.13. The Labute approximate surface area is 119 Å². The van der Waals surface area contributed by atoms with Crippen LogP contribution < -0.4 is 0 Å². The monoisotopic (exact) mass is 263 g/mol. The van der Waals surface area contributed by atoms with Crippen molar-refractivity contribution in [2.45, 2.75) is 25.2 Å². The molecule has 0 atom stereocenters. The Kier molecular flexibility index (Phi) is 2.29. The minimum absolute atomic E-state index is 0.0686. The number of nitriles is 1. The number of nitrogens with zero attached hydrogens (tertiary/aromatic N) is 1. The molecule has 0 spiro atoms. The van der Waals surface area contributed by atoms with Crippen LogP contribution >= 0.6 is 0 Å². The van der Waals surface area contributed by atoms with Crippen molar-refractivity contribution in [3.8, 4) is 6.07 Å². The summed E-state index contributed by atoms with van der Waals surface area (Å²) in [6.45, 7) is 3.50. The summed E-state index contributed by atoms with van der Waals surface area (Å²) < 4.78 is 5.50. The normalized spacial score (nSPS) is 22.0. The molecule has 2 heteroatoms. The third-order valence-electron chi connectivity index (χ3n) is 5.13. The smallest absolute Gasteiger partial charge is 0.0716 e. The minimum Gasteiger partial charge on any atom is -0.379 e. The van der Waals surface area contributed by atoms with E-state index in [4.69, 9.17) is 4.74 Å². The lowest BCUT2D eigenvalue weighted by Gasteiger charge is -2.45. The van der Waals surface area contributed by atoms with Gasteiger partial charge in [0.05, 0.1) is 30.1 Å². The highest BCUT2D eigenvalue weighted by Gasteiger charge is 2.64. The SMILES string of the molecule is Cc1ccc2cc(C3(C4(C#N)CC4)COC3)ccc2c1. The van der Waals surface area contributed by atoms with Gasteiger partial charge in [0.15, 0.2) is 0 Å². The van der Waals surface area contributed by atoms with Crippen LogP contribution in [0.4, 0.5) is 0 Å². The Morgan fingerprint density at radius 1 is 1.05 bits per heavy atom. The molecule has 0 amide bonds. The van der Waals surface area contributed by atoms with Crippen LogP contribution in [0.25, 0.3) is 10.8 Å². The quantitative estimate of drug-likeness (QED) is 0.827. The lowest BCUT2D eigenvalue weighted by Crippen LogP contribution is -2.53. The average Bonchev–Trinajstić information content (AvgIpc) is 3.19. The van der Waals surface area contributed by atoms with E-state index in [9.17, 15) is 5.26 Å². The van der Waals surface area contributed by atoms with Gasteiger partial charge < -0.3 is 4.74 Å². The van der Waals surface area contributed by atoms with Crippen molar-refractivity contribution in [3.05, 3.63) is 47.5 Å². The van der Waals surface area contributed by atoms with Gasteiger partial charge in [-0.3, -0.25) is 0 Å². The largest absolute Gasteiger partial charge is 0.379 e. The average molecular weight is 263 g/mol. The van der Waals surface area contributed by atoms with Crippen LogP contribution in [-0.2, 0) is 10.2 Å². The molecule has 0 N–H and O–H groups in total. The van der Waals surface area contributed by atoms with Gasteiger partial charge in [0.25, 0.3) is 0 Å². The second-order valence-corrected chi connectivity index (χ2v) is 6.33. The molecule has 1 aliphatic heterocycles. The van der Waals surface area contributed by atoms with Crippen molar-refractivity contribution in [2.75, 3.05) is 13.2 Å². The molecular weight excluding hydrogens is 246 g/mol. The highest BCUT2D eigenvalue weighted by atomic mass is 16.5. The van der Waals surface area contributed by atoms with Gasteiger partial charge >= 0.3 is 0 Å². The van der Waals surface area contributed by atoms with Gasteiger partial charge in [-0.25, -0.2) is 0 Å². The van der Waals surface area contributed by atoms with Gasteiger partial charge in [0.1, 0.15) is 0 Å². The molecule has 2 nitrogen and oxygen atoms in total. The van der Waals surface area contributed by atoms with Gasteiger partial charge in [-0.1, -0.05) is 42.0 Å². The Morgan fingerprint density at radius 2 is 1.75 bits per heavy atom. The zero-order chi connectivity index (χ0) is 13.8. The number of hydrogen-bond donors (Lipinski definition) is 0. The minimum atomic E-state index is -0.177. The molecule has 2 fully saturated rings. The summed E-state index contributed by atoms with van der Waals surface area (Å²) in [4.78, 5) is 0. The van der Waals surface area contributed by atoms with E-state index in [-0.39, 0.29) is 10.8 Å². The Bertz CT molecular complexity index is 733. The molecule has 20 heavy (non-hydrogen) atoms. The second-order valence-electron chi connectivity index (χ2n) is 6.33. The van der Waals surface area contributed by atoms with Crippen LogP contribution in [0.2, 0.25) is 0 Å². The summed E-state index contributed by atoms with van der Waals surface area (Å²) in [5, 5.41) is 12.1. The molecular formula is C18H17NO. The predicted octanol–water partition coefficient (Wildman–Crippen LogP) is 3.72. The van der Waals surface area contributed by atoms with E-state index in [1.807, 2.05) is 0 Å². The number of ether oxygens (including phenoxy) is 1. The fourth-order valence-electron chi connectivity index (χ4n) is 3.51. The van der Waals surface area contributed by atoms with Gasteiger partial charge in [0.2, 0.25) is 0 Å². The molecule has 100 valence electrons. The second kappa shape index (κ2) is 3.84.